The van der Waals surface area contributed by atoms with Crippen LogP contribution in [0, 0.1) is 12.3 Å². The van der Waals surface area contributed by atoms with E-state index in [-0.39, 0.29) is 24.0 Å². The lowest BCUT2D eigenvalue weighted by Crippen LogP contribution is -2.45. The molecule has 0 aliphatic heterocycles. The Morgan fingerprint density at radius 1 is 1.52 bits per heavy atom. The highest BCUT2D eigenvalue weighted by atomic mass is 32.2. The van der Waals surface area contributed by atoms with Crippen LogP contribution < -0.4 is 5.32 Å². The van der Waals surface area contributed by atoms with Gasteiger partial charge in [-0.1, -0.05) is 43.2 Å². The first-order valence-electron chi connectivity index (χ1n) is 7.57. The molecule has 1 saturated carbocycles. The molecule has 3 nitrogen and oxygen atoms in total. The third kappa shape index (κ3) is 4.48. The Kier molecular flexibility index (Phi) is 5.71. The van der Waals surface area contributed by atoms with E-state index in [2.05, 4.69) is 43.4 Å². The molecule has 0 radical (unpaired) electrons. The molecule has 0 saturated heterocycles. The number of hydrogen-bond donors (Lipinski definition) is 2. The second-order valence-corrected chi connectivity index (χ2v) is 7.29. The zero-order chi connectivity index (χ0) is 15.3. The van der Waals surface area contributed by atoms with Crippen LogP contribution in [0.25, 0.3) is 0 Å². The van der Waals surface area contributed by atoms with E-state index in [1.165, 1.54) is 11.1 Å². The Bertz CT molecular complexity index is 491. The number of benzene rings is 1. The Morgan fingerprint density at radius 2 is 2.33 bits per heavy atom. The van der Waals surface area contributed by atoms with Crippen molar-refractivity contribution in [3.05, 3.63) is 35.4 Å². The number of carbonyl (C=O) groups is 1. The molecule has 2 atom stereocenters. The predicted octanol–water partition coefficient (Wildman–Crippen LogP) is 2.90. The minimum Gasteiger partial charge on any atom is -0.396 e. The van der Waals surface area contributed by atoms with Gasteiger partial charge in [-0.2, -0.15) is 0 Å². The Labute approximate surface area is 131 Å². The molecule has 0 bridgehead atoms. The van der Waals surface area contributed by atoms with Crippen molar-refractivity contribution in [2.75, 3.05) is 12.4 Å². The third-order valence-corrected chi connectivity index (χ3v) is 5.37. The molecule has 0 spiro atoms. The summed E-state index contributed by atoms with van der Waals surface area (Å²) < 4.78 is 0. The lowest BCUT2D eigenvalue weighted by molar-refractivity contribution is -0.120. The summed E-state index contributed by atoms with van der Waals surface area (Å²) in [5, 5.41) is 12.6. The van der Waals surface area contributed by atoms with Gasteiger partial charge in [0.05, 0.1) is 12.4 Å². The highest BCUT2D eigenvalue weighted by molar-refractivity contribution is 7.99. The molecule has 1 aliphatic rings. The molecule has 0 aromatic heterocycles. The number of rotatable bonds is 6. The van der Waals surface area contributed by atoms with Crippen molar-refractivity contribution in [2.24, 2.45) is 5.41 Å². The van der Waals surface area contributed by atoms with Gasteiger partial charge >= 0.3 is 0 Å². The molecule has 2 rings (SSSR count). The number of aliphatic hydroxyl groups excluding tert-OH is 1. The second kappa shape index (κ2) is 7.32. The molecule has 1 aromatic carbocycles. The summed E-state index contributed by atoms with van der Waals surface area (Å²) >= 11 is 1.64. The highest BCUT2D eigenvalue weighted by Gasteiger charge is 2.38. The molecule has 1 aromatic rings. The Hall–Kier alpha value is -1.00. The minimum absolute atomic E-state index is 0.0826. The van der Waals surface area contributed by atoms with Crippen molar-refractivity contribution < 1.29 is 9.90 Å². The molecule has 1 amide bonds. The molecule has 4 heteroatoms. The molecule has 116 valence electrons. The molecule has 0 heterocycles. The standard InChI is InChI=1S/C17H25NO2S/c1-13-5-3-6-14(9-13)10-21-11-16(20)18-15-7-4-8-17(15,2)12-19/h3,5-6,9,15,19H,4,7-8,10-12H2,1-2H3,(H,18,20). The molecular formula is C17H25NO2S. The van der Waals surface area contributed by atoms with E-state index in [1.807, 2.05) is 0 Å². The van der Waals surface area contributed by atoms with Crippen LogP contribution in [0.2, 0.25) is 0 Å². The first kappa shape index (κ1) is 16.4. The monoisotopic (exact) mass is 307 g/mol. The molecule has 1 aliphatic carbocycles. The zero-order valence-corrected chi connectivity index (χ0v) is 13.7. The summed E-state index contributed by atoms with van der Waals surface area (Å²) in [4.78, 5) is 12.0. The van der Waals surface area contributed by atoms with E-state index in [0.717, 1.165) is 25.0 Å². The van der Waals surface area contributed by atoms with Gasteiger partial charge in [0.2, 0.25) is 5.91 Å². The van der Waals surface area contributed by atoms with Crippen LogP contribution in [-0.2, 0) is 10.5 Å². The van der Waals surface area contributed by atoms with Crippen molar-refractivity contribution in [3.63, 3.8) is 0 Å². The van der Waals surface area contributed by atoms with Crippen LogP contribution >= 0.6 is 11.8 Å². The summed E-state index contributed by atoms with van der Waals surface area (Å²) in [5.41, 5.74) is 2.37. The van der Waals surface area contributed by atoms with Gasteiger partial charge in [-0.05, 0) is 25.3 Å². The fourth-order valence-electron chi connectivity index (χ4n) is 2.97. The molecule has 1 fully saturated rings. The predicted molar refractivity (Wildman–Crippen MR) is 88.3 cm³/mol. The van der Waals surface area contributed by atoms with E-state index in [0.29, 0.717) is 5.75 Å². The fraction of sp³-hybridized carbons (Fsp3) is 0.588. The summed E-state index contributed by atoms with van der Waals surface area (Å²) in [7, 11) is 0. The van der Waals surface area contributed by atoms with Crippen LogP contribution in [0.4, 0.5) is 0 Å². The van der Waals surface area contributed by atoms with Gasteiger partial charge < -0.3 is 10.4 Å². The van der Waals surface area contributed by atoms with Gasteiger partial charge in [0.25, 0.3) is 0 Å². The van der Waals surface area contributed by atoms with Crippen molar-refractivity contribution in [1.29, 1.82) is 0 Å². The lowest BCUT2D eigenvalue weighted by Gasteiger charge is -2.30. The number of carbonyl (C=O) groups excluding carboxylic acids is 1. The van der Waals surface area contributed by atoms with Crippen molar-refractivity contribution >= 4 is 17.7 Å². The smallest absolute Gasteiger partial charge is 0.230 e. The normalized spacial score (nSPS) is 25.0. The summed E-state index contributed by atoms with van der Waals surface area (Å²) in [6.07, 6.45) is 3.05. The van der Waals surface area contributed by atoms with Crippen molar-refractivity contribution in [2.45, 2.75) is 44.9 Å². The number of aryl methyl sites for hydroxylation is 1. The molecule has 2 N–H and O–H groups in total. The first-order valence-corrected chi connectivity index (χ1v) is 8.72. The maximum atomic E-state index is 12.0. The zero-order valence-electron chi connectivity index (χ0n) is 12.9. The first-order chi connectivity index (χ1) is 10.0. The Balaban J connectivity index is 1.75. The van der Waals surface area contributed by atoms with E-state index in [9.17, 15) is 9.90 Å². The van der Waals surface area contributed by atoms with Crippen LogP contribution in [0.3, 0.4) is 0 Å². The van der Waals surface area contributed by atoms with E-state index < -0.39 is 0 Å². The maximum absolute atomic E-state index is 12.0. The van der Waals surface area contributed by atoms with E-state index in [1.54, 1.807) is 11.8 Å². The van der Waals surface area contributed by atoms with Gasteiger partial charge in [-0.3, -0.25) is 4.79 Å². The Morgan fingerprint density at radius 3 is 3.05 bits per heavy atom. The number of hydrogen-bond acceptors (Lipinski definition) is 3. The lowest BCUT2D eigenvalue weighted by atomic mass is 9.86. The maximum Gasteiger partial charge on any atom is 0.230 e. The highest BCUT2D eigenvalue weighted by Crippen LogP contribution is 2.37. The number of aliphatic hydroxyl groups is 1. The van der Waals surface area contributed by atoms with Crippen LogP contribution in [-0.4, -0.2) is 29.4 Å². The third-order valence-electron chi connectivity index (χ3n) is 4.36. The van der Waals surface area contributed by atoms with Crippen molar-refractivity contribution in [3.8, 4) is 0 Å². The number of nitrogens with one attached hydrogen (secondary N) is 1. The van der Waals surface area contributed by atoms with Gasteiger partial charge in [-0.15, -0.1) is 11.8 Å². The minimum atomic E-state index is -0.142. The topological polar surface area (TPSA) is 49.3 Å². The van der Waals surface area contributed by atoms with Gasteiger partial charge in [0.15, 0.2) is 0 Å². The van der Waals surface area contributed by atoms with Crippen LogP contribution in [0.5, 0.6) is 0 Å². The molecule has 21 heavy (non-hydrogen) atoms. The average molecular weight is 307 g/mol. The molecule has 2 unspecified atom stereocenters. The van der Waals surface area contributed by atoms with Gasteiger partial charge in [0, 0.05) is 17.2 Å². The van der Waals surface area contributed by atoms with Crippen LogP contribution in [0.15, 0.2) is 24.3 Å². The largest absolute Gasteiger partial charge is 0.396 e. The second-order valence-electron chi connectivity index (χ2n) is 6.31. The van der Waals surface area contributed by atoms with Gasteiger partial charge in [0.1, 0.15) is 0 Å². The summed E-state index contributed by atoms with van der Waals surface area (Å²) in [6.45, 7) is 4.29. The van der Waals surface area contributed by atoms with Crippen LogP contribution in [0.1, 0.15) is 37.3 Å². The van der Waals surface area contributed by atoms with E-state index in [4.69, 9.17) is 0 Å². The van der Waals surface area contributed by atoms with Crippen molar-refractivity contribution in [1.82, 2.24) is 5.32 Å². The summed E-state index contributed by atoms with van der Waals surface area (Å²) in [5.74, 6) is 1.42. The SMILES string of the molecule is Cc1cccc(CSCC(=O)NC2CCCC2(C)CO)c1. The number of thioether (sulfide) groups is 1. The van der Waals surface area contributed by atoms with Gasteiger partial charge in [-0.25, -0.2) is 0 Å². The fourth-order valence-corrected chi connectivity index (χ4v) is 3.75. The number of amides is 1. The molecular weight excluding hydrogens is 282 g/mol. The average Bonchev–Trinajstić information content (AvgIpc) is 2.81. The van der Waals surface area contributed by atoms with E-state index >= 15 is 0 Å². The summed E-state index contributed by atoms with van der Waals surface area (Å²) in [6, 6.07) is 8.50. The quantitative estimate of drug-likeness (QED) is 0.849.